The number of nitrogens with zero attached hydrogens (tertiary/aromatic N) is 3. The highest BCUT2D eigenvalue weighted by molar-refractivity contribution is 9.10. The summed E-state index contributed by atoms with van der Waals surface area (Å²) in [6, 6.07) is 3.82. The van der Waals surface area contributed by atoms with Crippen molar-refractivity contribution in [2.75, 3.05) is 51.7 Å². The molecular formula is C17H26BrClN4O3S. The molecule has 3 rings (SSSR count). The van der Waals surface area contributed by atoms with Crippen molar-refractivity contribution in [3.63, 3.8) is 0 Å². The third-order valence-corrected chi connectivity index (χ3v) is 7.67. The second kappa shape index (κ2) is 8.75. The zero-order valence-electron chi connectivity index (χ0n) is 15.7. The van der Waals surface area contributed by atoms with Gasteiger partial charge < -0.3 is 10.2 Å². The fraction of sp³-hybridized carbons (Fsp3) is 0.588. The predicted molar refractivity (Wildman–Crippen MR) is 112 cm³/mol. The first-order valence-electron chi connectivity index (χ1n) is 8.71. The quantitative estimate of drug-likeness (QED) is 0.702. The van der Waals surface area contributed by atoms with Crippen molar-refractivity contribution in [3.8, 4) is 0 Å². The summed E-state index contributed by atoms with van der Waals surface area (Å²) in [7, 11) is -0.576. The summed E-state index contributed by atoms with van der Waals surface area (Å²) in [5.41, 5.74) is 1.71. The molecule has 0 radical (unpaired) electrons. The molecule has 0 bridgehead atoms. The molecule has 1 atom stereocenters. The van der Waals surface area contributed by atoms with E-state index in [-0.39, 0.29) is 23.2 Å². The fourth-order valence-electron chi connectivity index (χ4n) is 3.47. The summed E-state index contributed by atoms with van der Waals surface area (Å²) in [5.74, 6) is 0.0216. The molecule has 152 valence electrons. The van der Waals surface area contributed by atoms with Crippen LogP contribution in [0.1, 0.15) is 12.5 Å². The first-order valence-corrected chi connectivity index (χ1v) is 10.9. The van der Waals surface area contributed by atoms with E-state index in [2.05, 4.69) is 33.1 Å². The van der Waals surface area contributed by atoms with E-state index in [9.17, 15) is 13.2 Å². The third-order valence-electron chi connectivity index (χ3n) is 4.90. The number of benzene rings is 1. The van der Waals surface area contributed by atoms with Crippen LogP contribution in [0.25, 0.3) is 0 Å². The molecule has 0 saturated carbocycles. The molecule has 0 aliphatic carbocycles. The molecule has 1 saturated heterocycles. The van der Waals surface area contributed by atoms with Crippen molar-refractivity contribution in [2.24, 2.45) is 0 Å². The van der Waals surface area contributed by atoms with Gasteiger partial charge in [0, 0.05) is 56.5 Å². The number of amides is 1. The van der Waals surface area contributed by atoms with Crippen LogP contribution in [0.15, 0.2) is 21.5 Å². The summed E-state index contributed by atoms with van der Waals surface area (Å²) in [6.07, 6.45) is 0.736. The van der Waals surface area contributed by atoms with Crippen molar-refractivity contribution in [2.45, 2.75) is 24.3 Å². The maximum Gasteiger partial charge on any atom is 0.243 e. The number of carbonyl (C=O) groups excluding carboxylic acids is 1. The van der Waals surface area contributed by atoms with Crippen LogP contribution in [0.4, 0.5) is 5.69 Å². The lowest BCUT2D eigenvalue weighted by atomic mass is 10.2. The summed E-state index contributed by atoms with van der Waals surface area (Å²) >= 11 is 3.37. The Kier molecular flexibility index (Phi) is 7.32. The number of hydrogen-bond acceptors (Lipinski definition) is 5. The monoisotopic (exact) mass is 480 g/mol. The molecule has 1 amide bonds. The highest BCUT2D eigenvalue weighted by Crippen LogP contribution is 2.36. The van der Waals surface area contributed by atoms with Crippen molar-refractivity contribution in [1.82, 2.24) is 14.5 Å². The van der Waals surface area contributed by atoms with Gasteiger partial charge in [-0.25, -0.2) is 12.7 Å². The number of hydrogen-bond donors (Lipinski definition) is 1. The maximum atomic E-state index is 12.9. The van der Waals surface area contributed by atoms with Gasteiger partial charge in [-0.2, -0.15) is 0 Å². The minimum absolute atomic E-state index is 0. The molecule has 1 fully saturated rings. The summed E-state index contributed by atoms with van der Waals surface area (Å²) in [4.78, 5) is 16.9. The molecule has 1 aromatic rings. The first kappa shape index (κ1) is 22.6. The number of sulfonamides is 1. The Morgan fingerprint density at radius 3 is 2.67 bits per heavy atom. The van der Waals surface area contributed by atoms with E-state index in [0.29, 0.717) is 29.3 Å². The second-order valence-electron chi connectivity index (χ2n) is 7.08. The topological polar surface area (TPSA) is 73.0 Å². The lowest BCUT2D eigenvalue weighted by Crippen LogP contribution is -2.52. The molecule has 0 aromatic heterocycles. The number of carbonyl (C=O) groups is 1. The summed E-state index contributed by atoms with van der Waals surface area (Å²) in [5, 5.41) is 3.37. The molecule has 7 nitrogen and oxygen atoms in total. The molecule has 10 heteroatoms. The lowest BCUT2D eigenvalue weighted by Gasteiger charge is -2.32. The van der Waals surface area contributed by atoms with Crippen LogP contribution in [0.3, 0.4) is 0 Å². The highest BCUT2D eigenvalue weighted by atomic mass is 79.9. The van der Waals surface area contributed by atoms with E-state index in [1.807, 2.05) is 6.07 Å². The minimum atomic E-state index is -3.58. The molecule has 2 aliphatic heterocycles. The standard InChI is InChI=1S/C17H25BrN4O3S.ClH/c1-12-10-21(7-5-19-12)11-17(23)22-6-4-13-8-14(18)16(9-15(13)22)26(24,25)20(2)3;/h8-9,12,19H,4-7,10-11H2,1-3H3;1H/t12-;/m1./s1. The van der Waals surface area contributed by atoms with E-state index in [4.69, 9.17) is 0 Å². The van der Waals surface area contributed by atoms with Crippen LogP contribution >= 0.6 is 28.3 Å². The molecule has 0 spiro atoms. The zero-order valence-corrected chi connectivity index (χ0v) is 19.0. The van der Waals surface area contributed by atoms with Crippen molar-refractivity contribution >= 4 is 50.0 Å². The minimum Gasteiger partial charge on any atom is -0.312 e. The second-order valence-corrected chi connectivity index (χ2v) is 10.1. The summed E-state index contributed by atoms with van der Waals surface area (Å²) < 4.78 is 26.8. The number of piperazine rings is 1. The van der Waals surface area contributed by atoms with E-state index in [0.717, 1.165) is 31.6 Å². The maximum absolute atomic E-state index is 12.9. The molecule has 27 heavy (non-hydrogen) atoms. The Hall–Kier alpha value is -0.710. The Morgan fingerprint density at radius 1 is 1.33 bits per heavy atom. The fourth-order valence-corrected chi connectivity index (χ4v) is 5.44. The molecule has 1 aromatic carbocycles. The van der Waals surface area contributed by atoms with Crippen LogP contribution in [-0.2, 0) is 21.2 Å². The van der Waals surface area contributed by atoms with E-state index in [1.165, 1.54) is 18.4 Å². The van der Waals surface area contributed by atoms with Crippen LogP contribution in [0.2, 0.25) is 0 Å². The molecule has 1 N–H and O–H groups in total. The van der Waals surface area contributed by atoms with Gasteiger partial charge >= 0.3 is 0 Å². The van der Waals surface area contributed by atoms with Gasteiger partial charge in [-0.3, -0.25) is 9.69 Å². The number of anilines is 1. The van der Waals surface area contributed by atoms with Crippen LogP contribution < -0.4 is 10.2 Å². The molecular weight excluding hydrogens is 456 g/mol. The smallest absolute Gasteiger partial charge is 0.243 e. The van der Waals surface area contributed by atoms with Crippen molar-refractivity contribution in [1.29, 1.82) is 0 Å². The average molecular weight is 482 g/mol. The van der Waals surface area contributed by atoms with Gasteiger partial charge in [0.25, 0.3) is 0 Å². The van der Waals surface area contributed by atoms with Crippen LogP contribution in [0.5, 0.6) is 0 Å². The number of rotatable bonds is 4. The van der Waals surface area contributed by atoms with Crippen molar-refractivity contribution in [3.05, 3.63) is 22.2 Å². The lowest BCUT2D eigenvalue weighted by molar-refractivity contribution is -0.119. The largest absolute Gasteiger partial charge is 0.312 e. The Balaban J connectivity index is 0.00000261. The van der Waals surface area contributed by atoms with Gasteiger partial charge in [0.1, 0.15) is 0 Å². The van der Waals surface area contributed by atoms with E-state index < -0.39 is 10.0 Å². The average Bonchev–Trinajstić information content (AvgIpc) is 2.96. The first-order chi connectivity index (χ1) is 12.2. The van der Waals surface area contributed by atoms with Crippen LogP contribution in [0, 0.1) is 0 Å². The third kappa shape index (κ3) is 4.65. The van der Waals surface area contributed by atoms with Crippen molar-refractivity contribution < 1.29 is 13.2 Å². The number of fused-ring (bicyclic) bond motifs is 1. The molecule has 2 aliphatic rings. The van der Waals surface area contributed by atoms with E-state index >= 15 is 0 Å². The Morgan fingerprint density at radius 2 is 2.04 bits per heavy atom. The van der Waals surface area contributed by atoms with Gasteiger partial charge in [-0.05, 0) is 47.0 Å². The highest BCUT2D eigenvalue weighted by Gasteiger charge is 2.30. The Labute approximate surface area is 175 Å². The normalized spacial score (nSPS) is 20.5. The van der Waals surface area contributed by atoms with Gasteiger partial charge in [-0.15, -0.1) is 12.4 Å². The summed E-state index contributed by atoms with van der Waals surface area (Å²) in [6.45, 7) is 5.62. The predicted octanol–water partition coefficient (Wildman–Crippen LogP) is 1.30. The number of halogens is 2. The van der Waals surface area contributed by atoms with Gasteiger partial charge in [-0.1, -0.05) is 0 Å². The van der Waals surface area contributed by atoms with Crippen LogP contribution in [-0.4, -0.2) is 76.4 Å². The van der Waals surface area contributed by atoms with E-state index in [1.54, 1.807) is 11.0 Å². The Bertz CT molecular complexity index is 819. The molecule has 2 heterocycles. The zero-order chi connectivity index (χ0) is 19.1. The van der Waals surface area contributed by atoms with Gasteiger partial charge in [0.2, 0.25) is 15.9 Å². The number of nitrogens with one attached hydrogen (secondary N) is 1. The SMILES string of the molecule is C[C@@H]1CN(CC(=O)N2CCc3cc(Br)c(S(=O)(=O)N(C)C)cc32)CCN1.Cl. The van der Waals surface area contributed by atoms with Gasteiger partial charge in [0.15, 0.2) is 0 Å². The van der Waals surface area contributed by atoms with Gasteiger partial charge in [0.05, 0.1) is 11.4 Å². The molecule has 0 unspecified atom stereocenters.